The van der Waals surface area contributed by atoms with Gasteiger partial charge in [0.1, 0.15) is 0 Å². The van der Waals surface area contributed by atoms with Crippen molar-refractivity contribution in [2.24, 2.45) is 5.92 Å². The predicted molar refractivity (Wildman–Crippen MR) is 74.0 cm³/mol. The highest BCUT2D eigenvalue weighted by Crippen LogP contribution is 2.34. The molecule has 1 aliphatic heterocycles. The second-order valence-corrected chi connectivity index (χ2v) is 6.24. The molecule has 1 aromatic heterocycles. The molecule has 2 heterocycles. The number of aryl methyl sites for hydroxylation is 1. The largest absolute Gasteiger partial charge is 0.481 e. The molecular weight excluding hydrogens is 246 g/mol. The van der Waals surface area contributed by atoms with Crippen LogP contribution in [0.5, 0.6) is 0 Å². The molecule has 0 aromatic carbocycles. The molecule has 3 atom stereocenters. The summed E-state index contributed by atoms with van der Waals surface area (Å²) in [5.74, 6) is -0.797. The normalized spacial score (nSPS) is 27.1. The number of carbonyl (C=O) groups is 1. The zero-order valence-electron chi connectivity index (χ0n) is 11.2. The molecule has 0 saturated carbocycles. The van der Waals surface area contributed by atoms with Crippen molar-refractivity contribution < 1.29 is 9.90 Å². The van der Waals surface area contributed by atoms with E-state index in [0.29, 0.717) is 12.1 Å². The van der Waals surface area contributed by atoms with E-state index in [9.17, 15) is 4.79 Å². The Bertz CT molecular complexity index is 429. The molecule has 1 fully saturated rings. The number of piperidine rings is 1. The van der Waals surface area contributed by atoms with Crippen molar-refractivity contribution in [2.75, 3.05) is 6.54 Å². The number of aliphatic carboxylic acids is 1. The SMILES string of the molecule is Cc1ccsc1C(C)N1CCC(C(=O)O)CC1C. The molecule has 2 rings (SSSR count). The Balaban J connectivity index is 2.07. The number of likely N-dealkylation sites (tertiary alicyclic amines) is 1. The van der Waals surface area contributed by atoms with Crippen molar-refractivity contribution >= 4 is 17.3 Å². The van der Waals surface area contributed by atoms with Crippen LogP contribution in [0, 0.1) is 12.8 Å². The van der Waals surface area contributed by atoms with E-state index in [1.807, 2.05) is 0 Å². The predicted octanol–water partition coefficient (Wildman–Crippen LogP) is 3.30. The van der Waals surface area contributed by atoms with Gasteiger partial charge in [0.2, 0.25) is 0 Å². The molecule has 18 heavy (non-hydrogen) atoms. The molecule has 1 N–H and O–H groups in total. The van der Waals surface area contributed by atoms with Gasteiger partial charge in [0.25, 0.3) is 0 Å². The highest BCUT2D eigenvalue weighted by molar-refractivity contribution is 7.10. The van der Waals surface area contributed by atoms with Crippen LogP contribution in [0.25, 0.3) is 0 Å². The highest BCUT2D eigenvalue weighted by atomic mass is 32.1. The van der Waals surface area contributed by atoms with Gasteiger partial charge in [-0.15, -0.1) is 11.3 Å². The minimum Gasteiger partial charge on any atom is -0.481 e. The van der Waals surface area contributed by atoms with Gasteiger partial charge in [-0.3, -0.25) is 9.69 Å². The van der Waals surface area contributed by atoms with Crippen molar-refractivity contribution in [1.82, 2.24) is 4.90 Å². The molecule has 1 aliphatic rings. The molecule has 0 radical (unpaired) electrons. The van der Waals surface area contributed by atoms with Gasteiger partial charge < -0.3 is 5.11 Å². The first-order valence-electron chi connectivity index (χ1n) is 6.53. The molecule has 4 heteroatoms. The molecule has 3 unspecified atom stereocenters. The third-order valence-corrected chi connectivity index (χ3v) is 5.24. The van der Waals surface area contributed by atoms with Crippen LogP contribution in [0.4, 0.5) is 0 Å². The number of nitrogens with zero attached hydrogens (tertiary/aromatic N) is 1. The Labute approximate surface area is 112 Å². The van der Waals surface area contributed by atoms with E-state index in [1.165, 1.54) is 10.4 Å². The topological polar surface area (TPSA) is 40.5 Å². The monoisotopic (exact) mass is 267 g/mol. The molecule has 0 aliphatic carbocycles. The first kappa shape index (κ1) is 13.6. The van der Waals surface area contributed by atoms with E-state index in [1.54, 1.807) is 11.3 Å². The number of rotatable bonds is 3. The zero-order valence-corrected chi connectivity index (χ0v) is 12.0. The minimum absolute atomic E-state index is 0.159. The summed E-state index contributed by atoms with van der Waals surface area (Å²) in [4.78, 5) is 14.9. The summed E-state index contributed by atoms with van der Waals surface area (Å²) >= 11 is 1.80. The fraction of sp³-hybridized carbons (Fsp3) is 0.643. The van der Waals surface area contributed by atoms with E-state index in [0.717, 1.165) is 19.4 Å². The molecular formula is C14H21NO2S. The lowest BCUT2D eigenvalue weighted by molar-refractivity contribution is -0.144. The van der Waals surface area contributed by atoms with Gasteiger partial charge in [0.15, 0.2) is 0 Å². The van der Waals surface area contributed by atoms with Crippen molar-refractivity contribution in [3.05, 3.63) is 21.9 Å². The lowest BCUT2D eigenvalue weighted by Crippen LogP contribution is -2.43. The van der Waals surface area contributed by atoms with Crippen LogP contribution in [0.3, 0.4) is 0 Å². The van der Waals surface area contributed by atoms with Crippen molar-refractivity contribution in [3.63, 3.8) is 0 Å². The number of hydrogen-bond donors (Lipinski definition) is 1. The van der Waals surface area contributed by atoms with Gasteiger partial charge in [-0.25, -0.2) is 0 Å². The van der Waals surface area contributed by atoms with Gasteiger partial charge in [-0.1, -0.05) is 0 Å². The molecule has 100 valence electrons. The van der Waals surface area contributed by atoms with Crippen LogP contribution in [0.15, 0.2) is 11.4 Å². The van der Waals surface area contributed by atoms with Gasteiger partial charge >= 0.3 is 5.97 Å². The summed E-state index contributed by atoms with van der Waals surface area (Å²) in [5, 5.41) is 11.2. The molecule has 0 spiro atoms. The van der Waals surface area contributed by atoms with Crippen LogP contribution in [-0.4, -0.2) is 28.6 Å². The number of hydrogen-bond acceptors (Lipinski definition) is 3. The molecule has 1 aromatic rings. The van der Waals surface area contributed by atoms with Gasteiger partial charge in [-0.05, 0) is 57.2 Å². The highest BCUT2D eigenvalue weighted by Gasteiger charge is 2.32. The van der Waals surface area contributed by atoms with Gasteiger partial charge in [0, 0.05) is 17.0 Å². The number of carboxylic acids is 1. The summed E-state index contributed by atoms with van der Waals surface area (Å²) in [5.41, 5.74) is 1.35. The minimum atomic E-state index is -0.638. The molecule has 0 bridgehead atoms. The average Bonchev–Trinajstić information content (AvgIpc) is 2.74. The maximum absolute atomic E-state index is 11.0. The third-order valence-electron chi connectivity index (χ3n) is 4.06. The Morgan fingerprint density at radius 1 is 1.61 bits per heavy atom. The van der Waals surface area contributed by atoms with Crippen LogP contribution in [0.1, 0.15) is 43.2 Å². The maximum atomic E-state index is 11.0. The first-order valence-corrected chi connectivity index (χ1v) is 7.41. The maximum Gasteiger partial charge on any atom is 0.306 e. The fourth-order valence-electron chi connectivity index (χ4n) is 2.95. The number of carboxylic acid groups (broad SMARTS) is 1. The summed E-state index contributed by atoms with van der Waals surface area (Å²) in [6, 6.07) is 2.90. The van der Waals surface area contributed by atoms with E-state index in [4.69, 9.17) is 5.11 Å². The smallest absolute Gasteiger partial charge is 0.306 e. The van der Waals surface area contributed by atoms with E-state index < -0.39 is 5.97 Å². The second-order valence-electron chi connectivity index (χ2n) is 5.29. The summed E-state index contributed by atoms with van der Waals surface area (Å²) < 4.78 is 0. The summed E-state index contributed by atoms with van der Waals surface area (Å²) in [7, 11) is 0. The number of thiophene rings is 1. The van der Waals surface area contributed by atoms with Crippen molar-refractivity contribution in [1.29, 1.82) is 0 Å². The average molecular weight is 267 g/mol. The lowest BCUT2D eigenvalue weighted by atomic mass is 9.90. The van der Waals surface area contributed by atoms with Crippen molar-refractivity contribution in [2.45, 2.75) is 45.7 Å². The van der Waals surface area contributed by atoms with E-state index in [2.05, 4.69) is 37.1 Å². The van der Waals surface area contributed by atoms with Crippen LogP contribution in [-0.2, 0) is 4.79 Å². The van der Waals surface area contributed by atoms with Crippen molar-refractivity contribution in [3.8, 4) is 0 Å². The Morgan fingerprint density at radius 3 is 2.83 bits per heavy atom. The first-order chi connectivity index (χ1) is 8.50. The zero-order chi connectivity index (χ0) is 13.3. The van der Waals surface area contributed by atoms with Crippen LogP contribution >= 0.6 is 11.3 Å². The molecule has 1 saturated heterocycles. The van der Waals surface area contributed by atoms with Gasteiger partial charge in [0.05, 0.1) is 5.92 Å². The summed E-state index contributed by atoms with van der Waals surface area (Å²) in [6.07, 6.45) is 1.54. The third kappa shape index (κ3) is 2.59. The Kier molecular flexibility index (Phi) is 4.07. The van der Waals surface area contributed by atoms with E-state index >= 15 is 0 Å². The Hall–Kier alpha value is -0.870. The quantitative estimate of drug-likeness (QED) is 0.913. The Morgan fingerprint density at radius 2 is 2.33 bits per heavy atom. The molecule has 0 amide bonds. The van der Waals surface area contributed by atoms with Crippen LogP contribution in [0.2, 0.25) is 0 Å². The lowest BCUT2D eigenvalue weighted by Gasteiger charge is -2.40. The second kappa shape index (κ2) is 5.41. The fourth-order valence-corrected chi connectivity index (χ4v) is 3.96. The standard InChI is InChI=1S/C14H21NO2S/c1-9-5-7-18-13(9)11(3)15-6-4-12(14(16)17)8-10(15)2/h5,7,10-12H,4,6,8H2,1-3H3,(H,16,17). The molecule has 3 nitrogen and oxygen atoms in total. The van der Waals surface area contributed by atoms with Crippen LogP contribution < -0.4 is 0 Å². The van der Waals surface area contributed by atoms with Gasteiger partial charge in [-0.2, -0.15) is 0 Å². The van der Waals surface area contributed by atoms with E-state index in [-0.39, 0.29) is 5.92 Å². The summed E-state index contributed by atoms with van der Waals surface area (Å²) in [6.45, 7) is 7.42.